The van der Waals surface area contributed by atoms with Crippen molar-refractivity contribution < 1.29 is 9.22 Å². The SMILES string of the molecule is CC(C)(C)[Si](C)(C)O[C@@H](C=O)c1cc(Cl)cc(Cl)c1. The molecule has 0 unspecified atom stereocenters. The summed E-state index contributed by atoms with van der Waals surface area (Å²) < 4.78 is 6.10. The second-order valence-corrected chi connectivity index (χ2v) is 11.8. The number of aldehydes is 1. The first-order valence-electron chi connectivity index (χ1n) is 6.16. The van der Waals surface area contributed by atoms with E-state index in [2.05, 4.69) is 33.9 Å². The molecule has 0 N–H and O–H groups in total. The molecular weight excluding hydrogens is 299 g/mol. The van der Waals surface area contributed by atoms with Gasteiger partial charge in [0.1, 0.15) is 6.10 Å². The molecule has 0 aliphatic heterocycles. The van der Waals surface area contributed by atoms with Gasteiger partial charge in [-0.3, -0.25) is 0 Å². The highest BCUT2D eigenvalue weighted by atomic mass is 35.5. The van der Waals surface area contributed by atoms with Crippen LogP contribution in [-0.2, 0) is 9.22 Å². The highest BCUT2D eigenvalue weighted by molar-refractivity contribution is 6.74. The highest BCUT2D eigenvalue weighted by Crippen LogP contribution is 2.39. The molecule has 1 aromatic carbocycles. The molecule has 19 heavy (non-hydrogen) atoms. The van der Waals surface area contributed by atoms with Crippen LogP contribution in [-0.4, -0.2) is 14.6 Å². The first-order chi connectivity index (χ1) is 8.56. The monoisotopic (exact) mass is 318 g/mol. The number of rotatable bonds is 4. The number of halogens is 2. The molecule has 0 heterocycles. The smallest absolute Gasteiger partial charge is 0.193 e. The van der Waals surface area contributed by atoms with Crippen molar-refractivity contribution in [3.05, 3.63) is 33.8 Å². The highest BCUT2D eigenvalue weighted by Gasteiger charge is 2.39. The molecule has 2 nitrogen and oxygen atoms in total. The maximum atomic E-state index is 11.3. The standard InChI is InChI=1S/C14H20Cl2O2Si/c1-14(2,3)19(4,5)18-13(9-17)10-6-11(15)8-12(16)7-10/h6-9,13H,1-5H3/t13-/m0/s1. The minimum absolute atomic E-state index is 0.0383. The molecule has 0 spiro atoms. The van der Waals surface area contributed by atoms with Crippen molar-refractivity contribution in [2.45, 2.75) is 45.0 Å². The van der Waals surface area contributed by atoms with Gasteiger partial charge in [0.05, 0.1) is 0 Å². The molecule has 0 radical (unpaired) electrons. The van der Waals surface area contributed by atoms with Gasteiger partial charge in [0, 0.05) is 10.0 Å². The summed E-state index contributed by atoms with van der Waals surface area (Å²) in [5.74, 6) is 0. The summed E-state index contributed by atoms with van der Waals surface area (Å²) in [7, 11) is -2.02. The van der Waals surface area contributed by atoms with Crippen molar-refractivity contribution in [2.24, 2.45) is 0 Å². The number of benzene rings is 1. The van der Waals surface area contributed by atoms with Crippen molar-refractivity contribution in [3.63, 3.8) is 0 Å². The Bertz CT molecular complexity index is 447. The zero-order valence-corrected chi connectivity index (χ0v) is 14.5. The van der Waals surface area contributed by atoms with E-state index in [0.29, 0.717) is 15.6 Å². The van der Waals surface area contributed by atoms with Crippen LogP contribution in [0.4, 0.5) is 0 Å². The maximum absolute atomic E-state index is 11.3. The van der Waals surface area contributed by atoms with Gasteiger partial charge in [0.2, 0.25) is 0 Å². The van der Waals surface area contributed by atoms with Gasteiger partial charge in [-0.2, -0.15) is 0 Å². The van der Waals surface area contributed by atoms with E-state index in [9.17, 15) is 4.79 Å². The van der Waals surface area contributed by atoms with Crippen LogP contribution in [0, 0.1) is 0 Å². The second-order valence-electron chi connectivity index (χ2n) is 6.14. The Morgan fingerprint density at radius 3 is 2.00 bits per heavy atom. The third kappa shape index (κ3) is 4.31. The van der Waals surface area contributed by atoms with Crippen LogP contribution in [0.2, 0.25) is 28.2 Å². The molecule has 5 heteroatoms. The topological polar surface area (TPSA) is 26.3 Å². The summed E-state index contributed by atoms with van der Waals surface area (Å²) >= 11 is 11.9. The summed E-state index contributed by atoms with van der Waals surface area (Å²) in [4.78, 5) is 11.3. The lowest BCUT2D eigenvalue weighted by Crippen LogP contribution is -2.42. The third-order valence-corrected chi connectivity index (χ3v) is 8.46. The average Bonchev–Trinajstić information content (AvgIpc) is 2.22. The van der Waals surface area contributed by atoms with Crippen LogP contribution in [0.15, 0.2) is 18.2 Å². The molecule has 106 valence electrons. The molecule has 0 amide bonds. The fraction of sp³-hybridized carbons (Fsp3) is 0.500. The normalized spacial score (nSPS) is 14.3. The molecule has 0 bridgehead atoms. The molecule has 0 aliphatic carbocycles. The lowest BCUT2D eigenvalue weighted by molar-refractivity contribution is -0.114. The maximum Gasteiger partial charge on any atom is 0.193 e. The predicted octanol–water partition coefficient (Wildman–Crippen LogP) is 5.26. The van der Waals surface area contributed by atoms with E-state index in [1.807, 2.05) is 0 Å². The van der Waals surface area contributed by atoms with E-state index in [4.69, 9.17) is 27.6 Å². The molecular formula is C14H20Cl2O2Si. The van der Waals surface area contributed by atoms with E-state index in [1.165, 1.54) is 0 Å². The van der Waals surface area contributed by atoms with Crippen molar-refractivity contribution in [2.75, 3.05) is 0 Å². The van der Waals surface area contributed by atoms with Gasteiger partial charge in [-0.05, 0) is 41.9 Å². The van der Waals surface area contributed by atoms with Crippen LogP contribution in [0.5, 0.6) is 0 Å². The van der Waals surface area contributed by atoms with Gasteiger partial charge in [-0.1, -0.05) is 44.0 Å². The Morgan fingerprint density at radius 1 is 1.16 bits per heavy atom. The number of hydrogen-bond acceptors (Lipinski definition) is 2. The van der Waals surface area contributed by atoms with Gasteiger partial charge in [0.25, 0.3) is 0 Å². The Kier molecular flexibility index (Phi) is 5.24. The van der Waals surface area contributed by atoms with Crippen LogP contribution < -0.4 is 0 Å². The molecule has 0 aliphatic rings. The Balaban J connectivity index is 3.05. The van der Waals surface area contributed by atoms with E-state index in [0.717, 1.165) is 6.29 Å². The van der Waals surface area contributed by atoms with Gasteiger partial charge < -0.3 is 9.22 Å². The molecule has 1 aromatic rings. The molecule has 0 fully saturated rings. The zero-order chi connectivity index (χ0) is 14.8. The van der Waals surface area contributed by atoms with E-state index in [-0.39, 0.29) is 5.04 Å². The number of hydrogen-bond donors (Lipinski definition) is 0. The minimum atomic E-state index is -2.02. The summed E-state index contributed by atoms with van der Waals surface area (Å²) in [5.41, 5.74) is 0.706. The van der Waals surface area contributed by atoms with Gasteiger partial charge >= 0.3 is 0 Å². The van der Waals surface area contributed by atoms with Crippen molar-refractivity contribution in [1.29, 1.82) is 0 Å². The minimum Gasteiger partial charge on any atom is -0.403 e. The molecule has 0 aromatic heterocycles. The quantitative estimate of drug-likeness (QED) is 0.559. The summed E-state index contributed by atoms with van der Waals surface area (Å²) in [6, 6.07) is 5.08. The number of carbonyl (C=O) groups is 1. The van der Waals surface area contributed by atoms with E-state index in [1.54, 1.807) is 18.2 Å². The predicted molar refractivity (Wildman–Crippen MR) is 83.5 cm³/mol. The first-order valence-corrected chi connectivity index (χ1v) is 9.82. The lowest BCUT2D eigenvalue weighted by atomic mass is 10.1. The Morgan fingerprint density at radius 2 is 1.63 bits per heavy atom. The Labute approximate surface area is 126 Å². The molecule has 1 atom stereocenters. The summed E-state index contributed by atoms with van der Waals surface area (Å²) in [6.07, 6.45) is 0.194. The third-order valence-electron chi connectivity index (χ3n) is 3.56. The van der Waals surface area contributed by atoms with Crippen molar-refractivity contribution in [1.82, 2.24) is 0 Å². The van der Waals surface area contributed by atoms with Crippen molar-refractivity contribution >= 4 is 37.8 Å². The van der Waals surface area contributed by atoms with Crippen molar-refractivity contribution in [3.8, 4) is 0 Å². The van der Waals surface area contributed by atoms with Crippen LogP contribution in [0.1, 0.15) is 32.4 Å². The van der Waals surface area contributed by atoms with Crippen LogP contribution >= 0.6 is 23.2 Å². The second kappa shape index (κ2) is 5.96. The Hall–Kier alpha value is -0.353. The van der Waals surface area contributed by atoms with Crippen LogP contribution in [0.25, 0.3) is 0 Å². The summed E-state index contributed by atoms with van der Waals surface area (Å²) in [6.45, 7) is 10.6. The largest absolute Gasteiger partial charge is 0.403 e. The first kappa shape index (κ1) is 16.7. The zero-order valence-electron chi connectivity index (χ0n) is 12.0. The van der Waals surface area contributed by atoms with Gasteiger partial charge in [-0.15, -0.1) is 0 Å². The lowest BCUT2D eigenvalue weighted by Gasteiger charge is -2.38. The van der Waals surface area contributed by atoms with E-state index < -0.39 is 14.4 Å². The van der Waals surface area contributed by atoms with Gasteiger partial charge in [0.15, 0.2) is 14.6 Å². The fourth-order valence-corrected chi connectivity index (χ4v) is 3.13. The molecule has 1 rings (SSSR count). The molecule has 0 saturated carbocycles. The number of carbonyl (C=O) groups excluding carboxylic acids is 1. The van der Waals surface area contributed by atoms with Crippen LogP contribution in [0.3, 0.4) is 0 Å². The fourth-order valence-electron chi connectivity index (χ4n) is 1.41. The van der Waals surface area contributed by atoms with Gasteiger partial charge in [-0.25, -0.2) is 0 Å². The average molecular weight is 319 g/mol. The summed E-state index contributed by atoms with van der Waals surface area (Å²) in [5, 5.41) is 1.05. The molecule has 0 saturated heterocycles. The van der Waals surface area contributed by atoms with E-state index >= 15 is 0 Å².